The maximum absolute atomic E-state index is 12.2. The third kappa shape index (κ3) is 3.13. The van der Waals surface area contributed by atoms with Crippen molar-refractivity contribution in [2.24, 2.45) is 0 Å². The molecule has 0 aliphatic carbocycles. The van der Waals surface area contributed by atoms with Crippen molar-refractivity contribution in [2.75, 3.05) is 0 Å². The summed E-state index contributed by atoms with van der Waals surface area (Å²) < 4.78 is 40.7. The van der Waals surface area contributed by atoms with Crippen molar-refractivity contribution in [1.82, 2.24) is 4.98 Å². The molecule has 1 heterocycles. The first-order valence-electron chi connectivity index (χ1n) is 4.92. The number of nitrogens with zero attached hydrogens (tertiary/aromatic N) is 1. The zero-order valence-corrected chi connectivity index (χ0v) is 9.66. The molecule has 0 atom stereocenters. The third-order valence-electron chi connectivity index (χ3n) is 2.15. The van der Waals surface area contributed by atoms with Crippen LogP contribution in [0.4, 0.5) is 13.2 Å². The molecule has 94 valence electrons. The summed E-state index contributed by atoms with van der Waals surface area (Å²) in [4.78, 5) is 3.82. The van der Waals surface area contributed by atoms with Gasteiger partial charge in [-0.2, -0.15) is 0 Å². The number of hydrogen-bond acceptors (Lipinski definition) is 2. The van der Waals surface area contributed by atoms with Crippen molar-refractivity contribution in [1.29, 1.82) is 0 Å². The van der Waals surface area contributed by atoms with E-state index in [1.165, 1.54) is 30.5 Å². The van der Waals surface area contributed by atoms with Crippen LogP contribution in [-0.2, 0) is 0 Å². The molecule has 0 unspecified atom stereocenters. The van der Waals surface area contributed by atoms with Gasteiger partial charge in [0.25, 0.3) is 0 Å². The van der Waals surface area contributed by atoms with Gasteiger partial charge in [-0.3, -0.25) is 0 Å². The minimum absolute atomic E-state index is 0.269. The van der Waals surface area contributed by atoms with Crippen LogP contribution in [0.25, 0.3) is 11.1 Å². The Morgan fingerprint density at radius 2 is 1.78 bits per heavy atom. The van der Waals surface area contributed by atoms with Crippen molar-refractivity contribution in [3.05, 3.63) is 47.7 Å². The van der Waals surface area contributed by atoms with Crippen molar-refractivity contribution in [3.8, 4) is 16.9 Å². The number of halogens is 4. The van der Waals surface area contributed by atoms with Crippen molar-refractivity contribution in [3.63, 3.8) is 0 Å². The molecule has 1 aromatic carbocycles. The lowest BCUT2D eigenvalue weighted by atomic mass is 10.1. The van der Waals surface area contributed by atoms with Gasteiger partial charge >= 0.3 is 6.36 Å². The Balaban J connectivity index is 2.41. The Labute approximate surface area is 106 Å². The lowest BCUT2D eigenvalue weighted by Gasteiger charge is -2.12. The number of benzene rings is 1. The molecule has 0 fully saturated rings. The van der Waals surface area contributed by atoms with E-state index >= 15 is 0 Å². The number of aromatic nitrogens is 1. The molecule has 1 aromatic heterocycles. The van der Waals surface area contributed by atoms with Crippen LogP contribution in [0.5, 0.6) is 5.75 Å². The van der Waals surface area contributed by atoms with Crippen LogP contribution in [0.2, 0.25) is 5.15 Å². The van der Waals surface area contributed by atoms with Gasteiger partial charge in [0.05, 0.1) is 0 Å². The Bertz CT molecular complexity index is 540. The van der Waals surface area contributed by atoms with Crippen molar-refractivity contribution in [2.45, 2.75) is 6.36 Å². The number of para-hydroxylation sites is 1. The van der Waals surface area contributed by atoms with Gasteiger partial charge in [0.2, 0.25) is 0 Å². The van der Waals surface area contributed by atoms with Crippen LogP contribution in [0.1, 0.15) is 0 Å². The summed E-state index contributed by atoms with van der Waals surface area (Å²) in [7, 11) is 0. The summed E-state index contributed by atoms with van der Waals surface area (Å²) in [6.45, 7) is 0. The summed E-state index contributed by atoms with van der Waals surface area (Å²) in [6.07, 6.45) is -3.34. The van der Waals surface area contributed by atoms with Gasteiger partial charge in [-0.15, -0.1) is 13.2 Å². The first-order valence-corrected chi connectivity index (χ1v) is 5.30. The zero-order valence-electron chi connectivity index (χ0n) is 8.91. The molecule has 0 amide bonds. The summed E-state index contributed by atoms with van der Waals surface area (Å²) in [6, 6.07) is 8.93. The largest absolute Gasteiger partial charge is 0.573 e. The summed E-state index contributed by atoms with van der Waals surface area (Å²) in [5.74, 6) is -0.269. The van der Waals surface area contributed by atoms with E-state index in [1.807, 2.05) is 0 Å². The normalized spacial score (nSPS) is 11.3. The highest BCUT2D eigenvalue weighted by atomic mass is 35.5. The summed E-state index contributed by atoms with van der Waals surface area (Å²) in [5.41, 5.74) is 0.804. The Kier molecular flexibility index (Phi) is 3.43. The smallest absolute Gasteiger partial charge is 0.405 e. The molecule has 0 bridgehead atoms. The SMILES string of the molecule is FC(F)(F)Oc1ccccc1-c1ccc(Cl)nc1. The van der Waals surface area contributed by atoms with E-state index in [-0.39, 0.29) is 10.9 Å². The second-order valence-corrected chi connectivity index (χ2v) is 3.80. The van der Waals surface area contributed by atoms with Crippen LogP contribution in [-0.4, -0.2) is 11.3 Å². The molecule has 0 spiro atoms. The fourth-order valence-electron chi connectivity index (χ4n) is 1.45. The van der Waals surface area contributed by atoms with E-state index in [4.69, 9.17) is 11.6 Å². The monoisotopic (exact) mass is 273 g/mol. The molecule has 0 aliphatic heterocycles. The standard InChI is InChI=1S/C12H7ClF3NO/c13-11-6-5-8(7-17-11)9-3-1-2-4-10(9)18-12(14,15)16/h1-7H. The molecule has 0 saturated carbocycles. The highest BCUT2D eigenvalue weighted by molar-refractivity contribution is 6.29. The molecule has 0 saturated heterocycles. The first kappa shape index (κ1) is 12.7. The highest BCUT2D eigenvalue weighted by Gasteiger charge is 2.32. The molecule has 0 radical (unpaired) electrons. The van der Waals surface area contributed by atoms with Gasteiger partial charge in [0, 0.05) is 17.3 Å². The maximum Gasteiger partial charge on any atom is 0.573 e. The third-order valence-corrected chi connectivity index (χ3v) is 2.37. The van der Waals surface area contributed by atoms with Crippen LogP contribution >= 0.6 is 11.6 Å². The van der Waals surface area contributed by atoms with Gasteiger partial charge in [-0.1, -0.05) is 29.8 Å². The Morgan fingerprint density at radius 1 is 1.06 bits per heavy atom. The van der Waals surface area contributed by atoms with E-state index < -0.39 is 6.36 Å². The number of pyridine rings is 1. The number of rotatable bonds is 2. The number of alkyl halides is 3. The highest BCUT2D eigenvalue weighted by Crippen LogP contribution is 2.33. The molecule has 0 aliphatic rings. The summed E-state index contributed by atoms with van der Waals surface area (Å²) in [5, 5.41) is 0.271. The van der Waals surface area contributed by atoms with E-state index in [0.717, 1.165) is 0 Å². The second-order valence-electron chi connectivity index (χ2n) is 3.41. The van der Waals surface area contributed by atoms with Crippen molar-refractivity contribution < 1.29 is 17.9 Å². The summed E-state index contributed by atoms with van der Waals surface area (Å²) >= 11 is 5.62. The Morgan fingerprint density at radius 3 is 2.39 bits per heavy atom. The first-order chi connectivity index (χ1) is 8.46. The van der Waals surface area contributed by atoms with Crippen LogP contribution < -0.4 is 4.74 Å². The fraction of sp³-hybridized carbons (Fsp3) is 0.0833. The Hall–Kier alpha value is -1.75. The number of hydrogen-bond donors (Lipinski definition) is 0. The zero-order chi connectivity index (χ0) is 13.2. The van der Waals surface area contributed by atoms with E-state index in [2.05, 4.69) is 9.72 Å². The molecule has 2 aromatic rings. The molecule has 2 rings (SSSR count). The van der Waals surface area contributed by atoms with Gasteiger partial charge < -0.3 is 4.74 Å². The lowest BCUT2D eigenvalue weighted by Crippen LogP contribution is -2.17. The molecule has 6 heteroatoms. The van der Waals surface area contributed by atoms with Crippen LogP contribution in [0.15, 0.2) is 42.6 Å². The number of ether oxygens (including phenoxy) is 1. The maximum atomic E-state index is 12.2. The average Bonchev–Trinajstić information content (AvgIpc) is 2.29. The van der Waals surface area contributed by atoms with E-state index in [1.54, 1.807) is 12.1 Å². The van der Waals surface area contributed by atoms with Crippen LogP contribution in [0.3, 0.4) is 0 Å². The van der Waals surface area contributed by atoms with Gasteiger partial charge in [-0.25, -0.2) is 4.98 Å². The van der Waals surface area contributed by atoms with Crippen molar-refractivity contribution >= 4 is 11.6 Å². The van der Waals surface area contributed by atoms with E-state index in [9.17, 15) is 13.2 Å². The topological polar surface area (TPSA) is 22.1 Å². The van der Waals surface area contributed by atoms with Crippen LogP contribution in [0, 0.1) is 0 Å². The molecular weight excluding hydrogens is 267 g/mol. The second kappa shape index (κ2) is 4.86. The van der Waals surface area contributed by atoms with Gasteiger partial charge in [0.15, 0.2) is 0 Å². The lowest BCUT2D eigenvalue weighted by molar-refractivity contribution is -0.274. The minimum atomic E-state index is -4.73. The fourth-order valence-corrected chi connectivity index (χ4v) is 1.57. The molecule has 18 heavy (non-hydrogen) atoms. The van der Waals surface area contributed by atoms with Gasteiger partial charge in [0.1, 0.15) is 10.9 Å². The average molecular weight is 274 g/mol. The molecule has 0 N–H and O–H groups in total. The van der Waals surface area contributed by atoms with E-state index in [0.29, 0.717) is 11.1 Å². The minimum Gasteiger partial charge on any atom is -0.405 e. The predicted octanol–water partition coefficient (Wildman–Crippen LogP) is 4.30. The molecular formula is C12H7ClF3NO. The quantitative estimate of drug-likeness (QED) is 0.761. The molecule has 2 nitrogen and oxygen atoms in total. The predicted molar refractivity (Wildman–Crippen MR) is 61.4 cm³/mol. The van der Waals surface area contributed by atoms with Gasteiger partial charge in [-0.05, 0) is 18.2 Å².